The van der Waals surface area contributed by atoms with Crippen LogP contribution >= 0.6 is 0 Å². The van der Waals surface area contributed by atoms with Crippen LogP contribution in [0, 0.1) is 11.5 Å². The van der Waals surface area contributed by atoms with Crippen LogP contribution in [0.5, 0.6) is 0 Å². The molecule has 0 saturated heterocycles. The number of esters is 1. The lowest BCUT2D eigenvalue weighted by Crippen LogP contribution is -2.31. The van der Waals surface area contributed by atoms with Crippen molar-refractivity contribution in [3.8, 4) is 6.26 Å². The van der Waals surface area contributed by atoms with E-state index in [-0.39, 0.29) is 0 Å². The van der Waals surface area contributed by atoms with E-state index in [1.807, 2.05) is 0 Å². The van der Waals surface area contributed by atoms with Crippen LogP contribution < -0.4 is 5.32 Å². The van der Waals surface area contributed by atoms with Gasteiger partial charge in [-0.25, -0.2) is 4.79 Å². The van der Waals surface area contributed by atoms with Crippen molar-refractivity contribution < 1.29 is 9.53 Å². The summed E-state index contributed by atoms with van der Waals surface area (Å²) >= 11 is 0. The van der Waals surface area contributed by atoms with Gasteiger partial charge in [0.05, 0.1) is 0 Å². The third-order valence-corrected chi connectivity index (χ3v) is 0.933. The van der Waals surface area contributed by atoms with Gasteiger partial charge in [-0.2, -0.15) is 0 Å². The number of nitrogens with zero attached hydrogens (tertiary/aromatic N) is 1. The number of likely N-dealkylation sites (N-methyl/N-ethyl adjacent to an activating group) is 1. The summed E-state index contributed by atoms with van der Waals surface area (Å²) in [5.41, 5.74) is 0. The summed E-state index contributed by atoms with van der Waals surface area (Å²) in [6, 6.07) is -0.412. The van der Waals surface area contributed by atoms with Crippen molar-refractivity contribution in [1.29, 1.82) is 5.26 Å². The number of carbonyl (C=O) groups excluding carboxylic acids is 1. The van der Waals surface area contributed by atoms with Gasteiger partial charge >= 0.3 is 5.97 Å². The molecule has 0 aliphatic heterocycles. The van der Waals surface area contributed by atoms with E-state index in [1.54, 1.807) is 14.0 Å². The highest BCUT2D eigenvalue weighted by atomic mass is 16.5. The molecular formula is C5H8N2O2. The number of carbonyl (C=O) groups is 1. The van der Waals surface area contributed by atoms with Gasteiger partial charge in [0, 0.05) is 0 Å². The first kappa shape index (κ1) is 7.92. The van der Waals surface area contributed by atoms with E-state index in [1.165, 1.54) is 6.26 Å². The van der Waals surface area contributed by atoms with E-state index in [2.05, 4.69) is 10.1 Å². The zero-order chi connectivity index (χ0) is 7.28. The Morgan fingerprint density at radius 1 is 1.89 bits per heavy atom. The van der Waals surface area contributed by atoms with E-state index >= 15 is 0 Å². The smallest absolute Gasteiger partial charge is 0.338 e. The van der Waals surface area contributed by atoms with Crippen LogP contribution in [0.25, 0.3) is 0 Å². The first-order valence-electron chi connectivity index (χ1n) is 2.49. The zero-order valence-electron chi connectivity index (χ0n) is 5.34. The largest absolute Gasteiger partial charge is 0.350 e. The fraction of sp³-hybridized carbons (Fsp3) is 0.600. The van der Waals surface area contributed by atoms with Crippen LogP contribution in [0.3, 0.4) is 0 Å². The predicted molar refractivity (Wildman–Crippen MR) is 30.2 cm³/mol. The molecule has 0 aliphatic rings. The number of nitriles is 1. The van der Waals surface area contributed by atoms with Crippen LogP contribution in [0.15, 0.2) is 0 Å². The van der Waals surface area contributed by atoms with Gasteiger partial charge in [0.1, 0.15) is 6.04 Å². The van der Waals surface area contributed by atoms with Crippen molar-refractivity contribution in [1.82, 2.24) is 5.32 Å². The quantitative estimate of drug-likeness (QED) is 0.406. The van der Waals surface area contributed by atoms with Crippen molar-refractivity contribution in [2.45, 2.75) is 13.0 Å². The summed E-state index contributed by atoms with van der Waals surface area (Å²) in [7, 11) is 1.61. The normalized spacial score (nSPS) is 11.7. The molecule has 0 heterocycles. The highest BCUT2D eigenvalue weighted by molar-refractivity contribution is 5.75. The van der Waals surface area contributed by atoms with E-state index < -0.39 is 12.0 Å². The average Bonchev–Trinajstić information content (AvgIpc) is 1.87. The molecule has 0 amide bonds. The second-order valence-corrected chi connectivity index (χ2v) is 1.52. The molecule has 4 heteroatoms. The Morgan fingerprint density at radius 2 is 2.44 bits per heavy atom. The fourth-order valence-corrected chi connectivity index (χ4v) is 0.251. The topological polar surface area (TPSA) is 62.1 Å². The fourth-order valence-electron chi connectivity index (χ4n) is 0.251. The highest BCUT2D eigenvalue weighted by Crippen LogP contribution is 1.83. The molecule has 0 spiro atoms. The summed E-state index contributed by atoms with van der Waals surface area (Å²) in [5.74, 6) is -0.556. The van der Waals surface area contributed by atoms with Gasteiger partial charge in [-0.3, -0.25) is 0 Å². The van der Waals surface area contributed by atoms with Crippen LogP contribution in [-0.2, 0) is 9.53 Å². The molecule has 0 aliphatic carbocycles. The maximum Gasteiger partial charge on any atom is 0.338 e. The second kappa shape index (κ2) is 3.87. The third-order valence-electron chi connectivity index (χ3n) is 0.933. The summed E-state index contributed by atoms with van der Waals surface area (Å²) in [4.78, 5) is 10.5. The maximum atomic E-state index is 10.5. The molecule has 0 radical (unpaired) electrons. The van der Waals surface area contributed by atoms with E-state index in [4.69, 9.17) is 5.26 Å². The molecule has 0 aromatic rings. The summed E-state index contributed by atoms with van der Waals surface area (Å²) in [5, 5.41) is 10.5. The molecule has 1 N–H and O–H groups in total. The first-order chi connectivity index (χ1) is 4.22. The molecule has 4 nitrogen and oxygen atoms in total. The first-order valence-corrected chi connectivity index (χ1v) is 2.49. The maximum absolute atomic E-state index is 10.5. The lowest BCUT2D eigenvalue weighted by molar-refractivity contribution is -0.138. The Balaban J connectivity index is 3.62. The molecule has 0 aromatic carbocycles. The van der Waals surface area contributed by atoms with E-state index in [0.29, 0.717) is 0 Å². The minimum absolute atomic E-state index is 0.412. The number of ether oxygens (including phenoxy) is 1. The van der Waals surface area contributed by atoms with Gasteiger partial charge in [0.25, 0.3) is 6.26 Å². The Hall–Kier alpha value is -1.08. The Labute approximate surface area is 53.4 Å². The van der Waals surface area contributed by atoms with E-state index in [0.717, 1.165) is 0 Å². The molecule has 1 unspecified atom stereocenters. The van der Waals surface area contributed by atoms with Crippen molar-refractivity contribution in [2.75, 3.05) is 7.05 Å². The lowest BCUT2D eigenvalue weighted by atomic mass is 10.4. The van der Waals surface area contributed by atoms with Gasteiger partial charge < -0.3 is 10.1 Å². The highest BCUT2D eigenvalue weighted by Gasteiger charge is 2.10. The van der Waals surface area contributed by atoms with E-state index in [9.17, 15) is 4.79 Å². The number of nitrogens with one attached hydrogen (secondary N) is 1. The summed E-state index contributed by atoms with van der Waals surface area (Å²) in [6.07, 6.45) is 1.29. The lowest BCUT2D eigenvalue weighted by Gasteiger charge is -2.02. The zero-order valence-corrected chi connectivity index (χ0v) is 5.34. The molecule has 0 rings (SSSR count). The monoisotopic (exact) mass is 128 g/mol. The van der Waals surface area contributed by atoms with Gasteiger partial charge in [-0.05, 0) is 14.0 Å². The van der Waals surface area contributed by atoms with Crippen LogP contribution in [-0.4, -0.2) is 19.1 Å². The number of rotatable bonds is 2. The van der Waals surface area contributed by atoms with Crippen molar-refractivity contribution in [3.05, 3.63) is 0 Å². The van der Waals surface area contributed by atoms with Crippen LogP contribution in [0.1, 0.15) is 6.92 Å². The SMILES string of the molecule is CNC(C)C(=O)OC#N. The Bertz CT molecular complexity index is 138. The predicted octanol–water partition coefficient (Wildman–Crippen LogP) is -0.381. The van der Waals surface area contributed by atoms with Crippen molar-refractivity contribution in [3.63, 3.8) is 0 Å². The minimum Gasteiger partial charge on any atom is -0.350 e. The standard InChI is InChI=1S/C5H8N2O2/c1-4(7-2)5(8)9-3-6/h4,7H,1-2H3. The van der Waals surface area contributed by atoms with Gasteiger partial charge in [-0.15, -0.1) is 5.26 Å². The summed E-state index contributed by atoms with van der Waals surface area (Å²) in [6.45, 7) is 1.61. The Morgan fingerprint density at radius 3 is 2.78 bits per heavy atom. The van der Waals surface area contributed by atoms with Crippen molar-refractivity contribution >= 4 is 5.97 Å². The summed E-state index contributed by atoms with van der Waals surface area (Å²) < 4.78 is 4.00. The molecule has 1 atom stereocenters. The Kier molecular flexibility index (Phi) is 3.40. The van der Waals surface area contributed by atoms with Crippen molar-refractivity contribution in [2.24, 2.45) is 0 Å². The second-order valence-electron chi connectivity index (χ2n) is 1.52. The number of hydrogen-bond donors (Lipinski definition) is 1. The molecule has 0 fully saturated rings. The van der Waals surface area contributed by atoms with Crippen LogP contribution in [0.4, 0.5) is 0 Å². The van der Waals surface area contributed by atoms with Crippen LogP contribution in [0.2, 0.25) is 0 Å². The van der Waals surface area contributed by atoms with Gasteiger partial charge in [-0.1, -0.05) is 0 Å². The average molecular weight is 128 g/mol. The molecule has 50 valence electrons. The van der Waals surface area contributed by atoms with Gasteiger partial charge in [0.2, 0.25) is 0 Å². The third kappa shape index (κ3) is 2.67. The molecular weight excluding hydrogens is 120 g/mol. The molecule has 9 heavy (non-hydrogen) atoms. The molecule has 0 saturated carbocycles. The van der Waals surface area contributed by atoms with Gasteiger partial charge in [0.15, 0.2) is 0 Å². The molecule has 0 aromatic heterocycles. The molecule has 0 bridgehead atoms. The minimum atomic E-state index is -0.556. The number of hydrogen-bond acceptors (Lipinski definition) is 4.